The Hall–Kier alpha value is -3.85. The van der Waals surface area contributed by atoms with Crippen molar-refractivity contribution in [2.24, 2.45) is 0 Å². The van der Waals surface area contributed by atoms with E-state index in [9.17, 15) is 4.79 Å². The lowest BCUT2D eigenvalue weighted by atomic mass is 9.94. The number of aromatic nitrogens is 2. The minimum Gasteiger partial charge on any atom is -0.493 e. The van der Waals surface area contributed by atoms with Crippen LogP contribution in [0.2, 0.25) is 0 Å². The highest BCUT2D eigenvalue weighted by Crippen LogP contribution is 2.38. The van der Waals surface area contributed by atoms with Gasteiger partial charge < -0.3 is 24.1 Å². The number of carbonyl (C=O) groups excluding carboxylic acids is 1. The monoisotopic (exact) mass is 478 g/mol. The molecule has 0 aliphatic carbocycles. The van der Waals surface area contributed by atoms with Crippen LogP contribution in [0.3, 0.4) is 0 Å². The third-order valence-electron chi connectivity index (χ3n) is 6.04. The van der Waals surface area contributed by atoms with Gasteiger partial charge in [0.2, 0.25) is 5.82 Å². The van der Waals surface area contributed by atoms with Crippen molar-refractivity contribution in [3.63, 3.8) is 0 Å². The molecule has 3 aromatic rings. The second kappa shape index (κ2) is 10.6. The number of allylic oxidation sites excluding steroid dienone is 1. The Morgan fingerprint density at radius 1 is 1.03 bits per heavy atom. The summed E-state index contributed by atoms with van der Waals surface area (Å²) in [4.78, 5) is 19.4. The summed E-state index contributed by atoms with van der Waals surface area (Å²) in [6, 6.07) is 12.9. The fraction of sp³-hybridized carbons (Fsp3) is 0.346. The molecule has 0 radical (unpaired) electrons. The highest BCUT2D eigenvalue weighted by Gasteiger charge is 2.35. The predicted octanol–water partition coefficient (Wildman–Crippen LogP) is 4.60. The first kappa shape index (κ1) is 24.3. The topological polar surface area (TPSA) is 99.0 Å². The molecule has 4 rings (SSSR count). The van der Waals surface area contributed by atoms with E-state index in [0.717, 1.165) is 28.0 Å². The number of aryl methyl sites for hydroxylation is 1. The van der Waals surface area contributed by atoms with Gasteiger partial charge in [0.05, 0.1) is 25.8 Å². The van der Waals surface area contributed by atoms with Gasteiger partial charge in [-0.2, -0.15) is 4.98 Å². The maximum atomic E-state index is 13.0. The standard InChI is InChI=1S/C26H30N4O5/c1-16-7-9-18(10-8-16)23-22(17(2)30(26(31)27-23)13-6-14-32-3)25-28-24(29-35-25)19-11-12-20(33-4)21(15-19)34-5/h7-12,15,23H,6,13-14H2,1-5H3,(H,27,31). The largest absolute Gasteiger partial charge is 0.493 e. The van der Waals surface area contributed by atoms with E-state index in [1.54, 1.807) is 38.4 Å². The van der Waals surface area contributed by atoms with Crippen LogP contribution in [-0.4, -0.2) is 55.6 Å². The maximum Gasteiger partial charge on any atom is 0.322 e. The van der Waals surface area contributed by atoms with Crippen LogP contribution >= 0.6 is 0 Å². The van der Waals surface area contributed by atoms with Crippen molar-refractivity contribution >= 4 is 11.6 Å². The molecule has 35 heavy (non-hydrogen) atoms. The molecular formula is C26H30N4O5. The Morgan fingerprint density at radius 3 is 2.46 bits per heavy atom. The molecule has 1 unspecified atom stereocenters. The molecule has 0 saturated carbocycles. The van der Waals surface area contributed by atoms with Crippen LogP contribution in [0.15, 0.2) is 52.7 Å². The fourth-order valence-electron chi connectivity index (χ4n) is 4.13. The molecule has 1 N–H and O–H groups in total. The summed E-state index contributed by atoms with van der Waals surface area (Å²) in [5.74, 6) is 1.93. The number of carbonyl (C=O) groups is 1. The van der Waals surface area contributed by atoms with Crippen LogP contribution in [0, 0.1) is 6.92 Å². The molecule has 0 spiro atoms. The van der Waals surface area contributed by atoms with Crippen molar-refractivity contribution in [3.05, 3.63) is 65.2 Å². The van der Waals surface area contributed by atoms with E-state index in [1.165, 1.54) is 0 Å². The van der Waals surface area contributed by atoms with Gasteiger partial charge in [-0.1, -0.05) is 35.0 Å². The molecule has 9 heteroatoms. The maximum absolute atomic E-state index is 13.0. The van der Waals surface area contributed by atoms with Gasteiger partial charge in [0, 0.05) is 31.5 Å². The lowest BCUT2D eigenvalue weighted by Crippen LogP contribution is -2.46. The lowest BCUT2D eigenvalue weighted by molar-refractivity contribution is 0.174. The van der Waals surface area contributed by atoms with Crippen LogP contribution < -0.4 is 14.8 Å². The van der Waals surface area contributed by atoms with Crippen LogP contribution in [0.5, 0.6) is 11.5 Å². The zero-order valence-corrected chi connectivity index (χ0v) is 20.6. The third-order valence-corrected chi connectivity index (χ3v) is 6.04. The first-order chi connectivity index (χ1) is 17.0. The normalized spacial score (nSPS) is 15.9. The van der Waals surface area contributed by atoms with Gasteiger partial charge in [0.1, 0.15) is 0 Å². The van der Waals surface area contributed by atoms with E-state index in [2.05, 4.69) is 10.5 Å². The van der Waals surface area contributed by atoms with Gasteiger partial charge in [0.15, 0.2) is 11.5 Å². The van der Waals surface area contributed by atoms with Crippen LogP contribution in [0.25, 0.3) is 17.0 Å². The van der Waals surface area contributed by atoms with Crippen LogP contribution in [-0.2, 0) is 4.74 Å². The lowest BCUT2D eigenvalue weighted by Gasteiger charge is -2.35. The van der Waals surface area contributed by atoms with Gasteiger partial charge in [-0.3, -0.25) is 4.90 Å². The number of rotatable bonds is 9. The zero-order valence-electron chi connectivity index (χ0n) is 20.6. The van der Waals surface area contributed by atoms with E-state index in [0.29, 0.717) is 42.8 Å². The van der Waals surface area contributed by atoms with Gasteiger partial charge in [-0.15, -0.1) is 0 Å². The van der Waals surface area contributed by atoms with Gasteiger partial charge >= 0.3 is 6.03 Å². The highest BCUT2D eigenvalue weighted by atomic mass is 16.5. The number of ether oxygens (including phenoxy) is 3. The highest BCUT2D eigenvalue weighted by molar-refractivity contribution is 5.86. The van der Waals surface area contributed by atoms with Crippen molar-refractivity contribution < 1.29 is 23.5 Å². The van der Waals surface area contributed by atoms with Crippen LogP contribution in [0.1, 0.15) is 36.4 Å². The Kier molecular flexibility index (Phi) is 7.36. The third kappa shape index (κ3) is 5.00. The molecule has 184 valence electrons. The number of methoxy groups -OCH3 is 3. The number of benzene rings is 2. The summed E-state index contributed by atoms with van der Waals surface area (Å²) in [5.41, 5.74) is 4.30. The molecule has 2 heterocycles. The van der Waals surface area contributed by atoms with E-state index in [-0.39, 0.29) is 6.03 Å². The Bertz CT molecular complexity index is 1220. The molecular weight excluding hydrogens is 448 g/mol. The van der Waals surface area contributed by atoms with E-state index >= 15 is 0 Å². The second-order valence-electron chi connectivity index (χ2n) is 8.28. The minimum atomic E-state index is -0.430. The summed E-state index contributed by atoms with van der Waals surface area (Å²) in [6.45, 7) is 4.99. The Labute approximate surface area is 204 Å². The molecule has 1 aliphatic rings. The van der Waals surface area contributed by atoms with E-state index in [1.807, 2.05) is 44.2 Å². The molecule has 0 fully saturated rings. The smallest absolute Gasteiger partial charge is 0.322 e. The predicted molar refractivity (Wildman–Crippen MR) is 131 cm³/mol. The second-order valence-corrected chi connectivity index (χ2v) is 8.28. The van der Waals surface area contributed by atoms with Crippen molar-refractivity contribution in [1.82, 2.24) is 20.4 Å². The summed E-state index contributed by atoms with van der Waals surface area (Å²) in [6.07, 6.45) is 0.699. The van der Waals surface area contributed by atoms with Crippen molar-refractivity contribution in [2.75, 3.05) is 34.5 Å². The molecule has 1 atom stereocenters. The SMILES string of the molecule is COCCCN1C(=O)NC(c2ccc(C)cc2)C(c2nc(-c3ccc(OC)c(OC)c3)no2)=C1C. The minimum absolute atomic E-state index is 0.174. The van der Waals surface area contributed by atoms with E-state index in [4.69, 9.17) is 23.7 Å². The van der Waals surface area contributed by atoms with E-state index < -0.39 is 6.04 Å². The number of nitrogens with zero attached hydrogens (tertiary/aromatic N) is 3. The number of hydrogen-bond donors (Lipinski definition) is 1. The molecule has 9 nitrogen and oxygen atoms in total. The molecule has 1 aliphatic heterocycles. The summed E-state index contributed by atoms with van der Waals surface area (Å²) < 4.78 is 21.7. The molecule has 0 saturated heterocycles. The molecule has 2 aromatic carbocycles. The fourth-order valence-corrected chi connectivity index (χ4v) is 4.13. The van der Waals surface area contributed by atoms with Crippen molar-refractivity contribution in [2.45, 2.75) is 26.3 Å². The molecule has 1 aromatic heterocycles. The summed E-state index contributed by atoms with van der Waals surface area (Å²) in [7, 11) is 4.80. The summed E-state index contributed by atoms with van der Waals surface area (Å²) >= 11 is 0. The molecule has 2 amide bonds. The number of amides is 2. The number of hydrogen-bond acceptors (Lipinski definition) is 7. The quantitative estimate of drug-likeness (QED) is 0.449. The Balaban J connectivity index is 1.76. The van der Waals surface area contributed by atoms with Gasteiger partial charge in [0.25, 0.3) is 5.89 Å². The first-order valence-corrected chi connectivity index (χ1v) is 11.4. The summed E-state index contributed by atoms with van der Waals surface area (Å²) in [5, 5.41) is 7.34. The average molecular weight is 479 g/mol. The molecule has 0 bridgehead atoms. The number of nitrogens with one attached hydrogen (secondary N) is 1. The number of urea groups is 1. The zero-order chi connectivity index (χ0) is 24.9. The average Bonchev–Trinajstić information content (AvgIpc) is 3.35. The first-order valence-electron chi connectivity index (χ1n) is 11.4. The van der Waals surface area contributed by atoms with Crippen molar-refractivity contribution in [3.8, 4) is 22.9 Å². The van der Waals surface area contributed by atoms with Gasteiger partial charge in [-0.05, 0) is 44.0 Å². The van der Waals surface area contributed by atoms with Crippen molar-refractivity contribution in [1.29, 1.82) is 0 Å². The van der Waals surface area contributed by atoms with Gasteiger partial charge in [-0.25, -0.2) is 4.79 Å². The van der Waals surface area contributed by atoms with Crippen LogP contribution in [0.4, 0.5) is 4.79 Å². The Morgan fingerprint density at radius 2 is 1.77 bits per heavy atom.